The van der Waals surface area contributed by atoms with Crippen LogP contribution in [-0.4, -0.2) is 31.7 Å². The van der Waals surface area contributed by atoms with Crippen molar-refractivity contribution in [1.82, 2.24) is 5.32 Å². The zero-order chi connectivity index (χ0) is 15.7. The van der Waals surface area contributed by atoms with Gasteiger partial charge < -0.3 is 20.5 Å². The Labute approximate surface area is 126 Å². The van der Waals surface area contributed by atoms with Gasteiger partial charge in [0.05, 0.1) is 19.3 Å². The van der Waals surface area contributed by atoms with Gasteiger partial charge in [-0.15, -0.1) is 0 Å². The molecule has 5 heteroatoms. The first-order chi connectivity index (χ1) is 10.0. The minimum Gasteiger partial charge on any atom is -0.497 e. The second kappa shape index (κ2) is 8.52. The first kappa shape index (κ1) is 17.3. The predicted molar refractivity (Wildman–Crippen MR) is 83.6 cm³/mol. The average Bonchev–Trinajstić information content (AvgIpc) is 2.47. The Balaban J connectivity index is 2.32. The van der Waals surface area contributed by atoms with Crippen LogP contribution in [0.5, 0.6) is 11.5 Å². The van der Waals surface area contributed by atoms with E-state index in [0.717, 1.165) is 30.9 Å². The van der Waals surface area contributed by atoms with Crippen LogP contribution in [0.2, 0.25) is 0 Å². The number of unbranched alkanes of at least 4 members (excludes halogenated alkanes) is 1. The van der Waals surface area contributed by atoms with Crippen LogP contribution >= 0.6 is 0 Å². The van der Waals surface area contributed by atoms with Gasteiger partial charge in [0.25, 0.3) is 0 Å². The molecule has 1 aromatic rings. The molecule has 1 atom stereocenters. The molecule has 21 heavy (non-hydrogen) atoms. The molecule has 3 N–H and O–H groups in total. The van der Waals surface area contributed by atoms with E-state index in [-0.39, 0.29) is 5.91 Å². The van der Waals surface area contributed by atoms with Crippen LogP contribution in [0.25, 0.3) is 0 Å². The Morgan fingerprint density at radius 3 is 2.67 bits per heavy atom. The van der Waals surface area contributed by atoms with Crippen molar-refractivity contribution in [2.24, 2.45) is 5.73 Å². The van der Waals surface area contributed by atoms with E-state index in [1.165, 1.54) is 0 Å². The van der Waals surface area contributed by atoms with E-state index >= 15 is 0 Å². The topological polar surface area (TPSA) is 73.6 Å². The number of carbonyl (C=O) groups is 1. The van der Waals surface area contributed by atoms with Gasteiger partial charge in [-0.3, -0.25) is 4.79 Å². The second-order valence-electron chi connectivity index (χ2n) is 5.21. The van der Waals surface area contributed by atoms with Gasteiger partial charge in [0.2, 0.25) is 5.91 Å². The maximum Gasteiger partial charge on any atom is 0.237 e. The third kappa shape index (κ3) is 5.63. The van der Waals surface area contributed by atoms with Crippen molar-refractivity contribution in [1.29, 1.82) is 0 Å². The number of likely N-dealkylation sites (N-methyl/N-ethyl adjacent to an activating group) is 1. The summed E-state index contributed by atoms with van der Waals surface area (Å²) in [6.07, 6.45) is 2.44. The normalized spacial score (nSPS) is 13.5. The Bertz CT molecular complexity index is 451. The fourth-order valence-electron chi connectivity index (χ4n) is 2.15. The molecule has 0 aliphatic rings. The first-order valence-electron chi connectivity index (χ1n) is 7.33. The van der Waals surface area contributed by atoms with Gasteiger partial charge in [-0.1, -0.05) is 13.0 Å². The van der Waals surface area contributed by atoms with Crippen LogP contribution in [0.1, 0.15) is 33.1 Å². The molecule has 0 aromatic heterocycles. The van der Waals surface area contributed by atoms with Crippen molar-refractivity contribution in [2.75, 3.05) is 20.3 Å². The summed E-state index contributed by atoms with van der Waals surface area (Å²) in [5.74, 6) is 1.26. The number of hydrogen-bond donors (Lipinski definition) is 2. The molecule has 0 heterocycles. The van der Waals surface area contributed by atoms with Crippen molar-refractivity contribution in [3.05, 3.63) is 24.3 Å². The van der Waals surface area contributed by atoms with E-state index in [9.17, 15) is 4.79 Å². The smallest absolute Gasteiger partial charge is 0.237 e. The summed E-state index contributed by atoms with van der Waals surface area (Å²) in [7, 11) is 1.63. The Hall–Kier alpha value is -1.75. The molecular weight excluding hydrogens is 268 g/mol. The molecule has 1 aromatic carbocycles. The van der Waals surface area contributed by atoms with E-state index in [1.54, 1.807) is 7.11 Å². The summed E-state index contributed by atoms with van der Waals surface area (Å²) in [6.45, 7) is 5.14. The average molecular weight is 294 g/mol. The van der Waals surface area contributed by atoms with Gasteiger partial charge in [0.15, 0.2) is 0 Å². The van der Waals surface area contributed by atoms with Gasteiger partial charge in [0, 0.05) is 6.07 Å². The number of primary amides is 1. The summed E-state index contributed by atoms with van der Waals surface area (Å²) in [4.78, 5) is 11.5. The Kier molecular flexibility index (Phi) is 7.02. The highest BCUT2D eigenvalue weighted by Crippen LogP contribution is 2.19. The quantitative estimate of drug-likeness (QED) is 0.648. The van der Waals surface area contributed by atoms with Crippen molar-refractivity contribution in [3.63, 3.8) is 0 Å². The molecule has 0 saturated heterocycles. The molecule has 0 saturated carbocycles. The summed E-state index contributed by atoms with van der Waals surface area (Å²) in [5, 5.41) is 3.15. The molecule has 0 spiro atoms. The third-order valence-electron chi connectivity index (χ3n) is 3.49. The van der Waals surface area contributed by atoms with Gasteiger partial charge in [-0.2, -0.15) is 0 Å². The lowest BCUT2D eigenvalue weighted by Gasteiger charge is -2.26. The second-order valence-corrected chi connectivity index (χ2v) is 5.21. The van der Waals surface area contributed by atoms with Crippen molar-refractivity contribution in [2.45, 2.75) is 38.6 Å². The van der Waals surface area contributed by atoms with Crippen LogP contribution < -0.4 is 20.5 Å². The van der Waals surface area contributed by atoms with Gasteiger partial charge >= 0.3 is 0 Å². The van der Waals surface area contributed by atoms with E-state index < -0.39 is 5.54 Å². The molecule has 0 bridgehead atoms. The number of amides is 1. The molecule has 1 unspecified atom stereocenters. The Morgan fingerprint density at radius 1 is 1.33 bits per heavy atom. The molecule has 0 radical (unpaired) electrons. The van der Waals surface area contributed by atoms with E-state index in [0.29, 0.717) is 13.0 Å². The SMILES string of the molecule is CCNC(C)(CCCCOc1cccc(OC)c1)C(N)=O. The van der Waals surface area contributed by atoms with Crippen LogP contribution in [0.15, 0.2) is 24.3 Å². The van der Waals surface area contributed by atoms with Crippen LogP contribution in [0.4, 0.5) is 0 Å². The summed E-state index contributed by atoms with van der Waals surface area (Å²) in [5.41, 5.74) is 4.81. The highest BCUT2D eigenvalue weighted by atomic mass is 16.5. The molecule has 1 amide bonds. The number of benzene rings is 1. The van der Waals surface area contributed by atoms with Gasteiger partial charge in [-0.25, -0.2) is 0 Å². The Morgan fingerprint density at radius 2 is 2.05 bits per heavy atom. The molecule has 0 fully saturated rings. The lowest BCUT2D eigenvalue weighted by Crippen LogP contribution is -2.53. The minimum absolute atomic E-state index is 0.307. The standard InChI is InChI=1S/C16H26N2O3/c1-4-18-16(2,15(17)19)10-5-6-11-21-14-9-7-8-13(12-14)20-3/h7-9,12,18H,4-6,10-11H2,1-3H3,(H2,17,19). The van der Waals surface area contributed by atoms with Crippen LogP contribution in [-0.2, 0) is 4.79 Å². The highest BCUT2D eigenvalue weighted by molar-refractivity contribution is 5.84. The number of nitrogens with two attached hydrogens (primary N) is 1. The summed E-state index contributed by atoms with van der Waals surface area (Å²) in [6, 6.07) is 7.52. The van der Waals surface area contributed by atoms with Crippen LogP contribution in [0.3, 0.4) is 0 Å². The predicted octanol–water partition coefficient (Wildman–Crippen LogP) is 2.10. The number of carbonyl (C=O) groups excluding carboxylic acids is 1. The van der Waals surface area contributed by atoms with Crippen molar-refractivity contribution in [3.8, 4) is 11.5 Å². The largest absolute Gasteiger partial charge is 0.497 e. The maximum absolute atomic E-state index is 11.5. The maximum atomic E-state index is 11.5. The van der Waals surface area contributed by atoms with Crippen molar-refractivity contribution < 1.29 is 14.3 Å². The minimum atomic E-state index is -0.634. The van der Waals surface area contributed by atoms with Gasteiger partial charge in [-0.05, 0) is 44.9 Å². The fourth-order valence-corrected chi connectivity index (χ4v) is 2.15. The van der Waals surface area contributed by atoms with Gasteiger partial charge in [0.1, 0.15) is 11.5 Å². The van der Waals surface area contributed by atoms with E-state index in [4.69, 9.17) is 15.2 Å². The lowest BCUT2D eigenvalue weighted by atomic mass is 9.94. The molecular formula is C16H26N2O3. The number of ether oxygens (including phenoxy) is 2. The zero-order valence-electron chi connectivity index (χ0n) is 13.1. The van der Waals surface area contributed by atoms with E-state index in [1.807, 2.05) is 38.1 Å². The molecule has 1 rings (SSSR count). The fraction of sp³-hybridized carbons (Fsp3) is 0.562. The highest BCUT2D eigenvalue weighted by Gasteiger charge is 2.28. The molecule has 5 nitrogen and oxygen atoms in total. The number of nitrogens with one attached hydrogen (secondary N) is 1. The molecule has 0 aliphatic carbocycles. The van der Waals surface area contributed by atoms with E-state index in [2.05, 4.69) is 5.32 Å². The molecule has 0 aliphatic heterocycles. The third-order valence-corrected chi connectivity index (χ3v) is 3.49. The monoisotopic (exact) mass is 294 g/mol. The number of hydrogen-bond acceptors (Lipinski definition) is 4. The first-order valence-corrected chi connectivity index (χ1v) is 7.33. The van der Waals surface area contributed by atoms with Crippen molar-refractivity contribution >= 4 is 5.91 Å². The zero-order valence-corrected chi connectivity index (χ0v) is 13.1. The molecule has 118 valence electrons. The number of rotatable bonds is 10. The summed E-state index contributed by atoms with van der Waals surface area (Å²) >= 11 is 0. The van der Waals surface area contributed by atoms with Crippen LogP contribution in [0, 0.1) is 0 Å². The number of methoxy groups -OCH3 is 1. The lowest BCUT2D eigenvalue weighted by molar-refractivity contribution is -0.124. The summed E-state index contributed by atoms with van der Waals surface area (Å²) < 4.78 is 10.8.